The maximum Gasteiger partial charge on any atom is 0.00953 e. The topological polar surface area (TPSA) is 15.3 Å². The van der Waals surface area contributed by atoms with Crippen LogP contribution in [-0.4, -0.2) is 37.1 Å². The van der Waals surface area contributed by atoms with Crippen molar-refractivity contribution in [2.24, 2.45) is 17.8 Å². The van der Waals surface area contributed by atoms with Gasteiger partial charge in [0.1, 0.15) is 0 Å². The van der Waals surface area contributed by atoms with Crippen molar-refractivity contribution in [2.45, 2.75) is 71.8 Å². The molecule has 1 saturated heterocycles. The summed E-state index contributed by atoms with van der Waals surface area (Å²) in [7, 11) is 0. The molecule has 0 radical (unpaired) electrons. The predicted octanol–water partition coefficient (Wildman–Crippen LogP) is 3.91. The molecule has 1 aliphatic carbocycles. The Morgan fingerprint density at radius 1 is 1.05 bits per heavy atom. The first-order valence-corrected chi connectivity index (χ1v) is 9.15. The van der Waals surface area contributed by atoms with Crippen molar-refractivity contribution in [3.63, 3.8) is 0 Å². The molecule has 0 bridgehead atoms. The average molecular weight is 281 g/mol. The molecule has 2 aliphatic rings. The zero-order valence-electron chi connectivity index (χ0n) is 14.0. The van der Waals surface area contributed by atoms with Crippen molar-refractivity contribution >= 4 is 0 Å². The smallest absolute Gasteiger partial charge is 0.00953 e. The predicted molar refractivity (Wildman–Crippen MR) is 88.0 cm³/mol. The van der Waals surface area contributed by atoms with Crippen molar-refractivity contribution in [1.29, 1.82) is 0 Å². The van der Waals surface area contributed by atoms with Gasteiger partial charge in [0.2, 0.25) is 0 Å². The third kappa shape index (κ3) is 4.73. The van der Waals surface area contributed by atoms with Crippen LogP contribution in [0.15, 0.2) is 0 Å². The van der Waals surface area contributed by atoms with Gasteiger partial charge in [-0.15, -0.1) is 0 Å². The van der Waals surface area contributed by atoms with E-state index in [4.69, 9.17) is 0 Å². The first-order valence-electron chi connectivity index (χ1n) is 9.15. The maximum absolute atomic E-state index is 3.57. The summed E-state index contributed by atoms with van der Waals surface area (Å²) in [5.41, 5.74) is 0. The van der Waals surface area contributed by atoms with E-state index in [0.717, 1.165) is 23.8 Å². The van der Waals surface area contributed by atoms with Crippen LogP contribution in [0.3, 0.4) is 0 Å². The highest BCUT2D eigenvalue weighted by Crippen LogP contribution is 2.31. The van der Waals surface area contributed by atoms with Crippen LogP contribution in [-0.2, 0) is 0 Å². The Kier molecular flexibility index (Phi) is 6.83. The van der Waals surface area contributed by atoms with Gasteiger partial charge in [0.05, 0.1) is 0 Å². The molecule has 2 fully saturated rings. The zero-order valence-corrected chi connectivity index (χ0v) is 14.0. The van der Waals surface area contributed by atoms with Crippen LogP contribution in [0.4, 0.5) is 0 Å². The van der Waals surface area contributed by atoms with Gasteiger partial charge in [-0.3, -0.25) is 0 Å². The fraction of sp³-hybridized carbons (Fsp3) is 1.00. The monoisotopic (exact) mass is 280 g/mol. The molecular weight excluding hydrogens is 244 g/mol. The molecule has 1 saturated carbocycles. The van der Waals surface area contributed by atoms with Gasteiger partial charge in [-0.05, 0) is 69.5 Å². The molecule has 20 heavy (non-hydrogen) atoms. The summed E-state index contributed by atoms with van der Waals surface area (Å²) in [5.74, 6) is 2.76. The fourth-order valence-electron chi connectivity index (χ4n) is 4.29. The third-order valence-corrected chi connectivity index (χ3v) is 5.74. The molecule has 118 valence electrons. The summed E-state index contributed by atoms with van der Waals surface area (Å²) in [5, 5.41) is 3.57. The van der Waals surface area contributed by atoms with Gasteiger partial charge < -0.3 is 10.2 Å². The van der Waals surface area contributed by atoms with Crippen LogP contribution in [0.2, 0.25) is 0 Å². The molecule has 0 aromatic carbocycles. The number of hydrogen-bond donors (Lipinski definition) is 1. The second-order valence-electron chi connectivity index (χ2n) is 7.47. The van der Waals surface area contributed by atoms with E-state index in [9.17, 15) is 0 Å². The minimum Gasteiger partial charge on any atom is -0.316 e. The van der Waals surface area contributed by atoms with Crippen LogP contribution in [0.1, 0.15) is 65.7 Å². The summed E-state index contributed by atoms with van der Waals surface area (Å²) in [6, 6.07) is 0.866. The van der Waals surface area contributed by atoms with Crippen molar-refractivity contribution in [2.75, 3.05) is 26.2 Å². The van der Waals surface area contributed by atoms with E-state index >= 15 is 0 Å². The summed E-state index contributed by atoms with van der Waals surface area (Å²) in [6.45, 7) is 12.3. The number of nitrogens with zero attached hydrogens (tertiary/aromatic N) is 1. The van der Waals surface area contributed by atoms with Crippen molar-refractivity contribution in [3.05, 3.63) is 0 Å². The molecule has 3 atom stereocenters. The maximum atomic E-state index is 3.57. The van der Waals surface area contributed by atoms with Gasteiger partial charge in [0, 0.05) is 12.6 Å². The molecular formula is C18H36N2. The molecule has 1 N–H and O–H groups in total. The lowest BCUT2D eigenvalue weighted by atomic mass is 9.89. The molecule has 3 unspecified atom stereocenters. The third-order valence-electron chi connectivity index (χ3n) is 5.74. The van der Waals surface area contributed by atoms with Crippen molar-refractivity contribution in [3.8, 4) is 0 Å². The highest BCUT2D eigenvalue weighted by atomic mass is 15.2. The molecule has 0 aromatic heterocycles. The van der Waals surface area contributed by atoms with E-state index < -0.39 is 0 Å². The summed E-state index contributed by atoms with van der Waals surface area (Å²) in [6.07, 6.45) is 10.1. The second kappa shape index (κ2) is 8.38. The Balaban J connectivity index is 1.83. The van der Waals surface area contributed by atoms with Gasteiger partial charge in [-0.2, -0.15) is 0 Å². The SMILES string of the molecule is CCN(CC1CCCNC1)C1CCCC(C(C)C)CC1. The minimum absolute atomic E-state index is 0.866. The molecule has 1 aliphatic heterocycles. The standard InChI is InChI=1S/C18H36N2/c1-4-20(14-16-7-6-12-19-13-16)18-9-5-8-17(10-11-18)15(2)3/h15-19H,4-14H2,1-3H3. The van der Waals surface area contributed by atoms with Gasteiger partial charge in [-0.25, -0.2) is 0 Å². The zero-order chi connectivity index (χ0) is 14.4. The Morgan fingerprint density at radius 3 is 2.55 bits per heavy atom. The molecule has 0 aromatic rings. The average Bonchev–Trinajstić information content (AvgIpc) is 2.72. The van der Waals surface area contributed by atoms with Gasteiger partial charge in [0.15, 0.2) is 0 Å². The van der Waals surface area contributed by atoms with Crippen LogP contribution in [0.5, 0.6) is 0 Å². The number of piperidine rings is 1. The molecule has 2 heteroatoms. The number of hydrogen-bond acceptors (Lipinski definition) is 2. The normalized spacial score (nSPS) is 32.5. The molecule has 2 rings (SSSR count). The Morgan fingerprint density at radius 2 is 1.90 bits per heavy atom. The minimum atomic E-state index is 0.866. The molecule has 2 nitrogen and oxygen atoms in total. The quantitative estimate of drug-likeness (QED) is 0.768. The van der Waals surface area contributed by atoms with E-state index in [1.807, 2.05) is 0 Å². The molecule has 1 heterocycles. The second-order valence-corrected chi connectivity index (χ2v) is 7.47. The van der Waals surface area contributed by atoms with Gasteiger partial charge in [-0.1, -0.05) is 33.6 Å². The van der Waals surface area contributed by atoms with E-state index in [2.05, 4.69) is 31.0 Å². The Bertz CT molecular complexity index is 258. The van der Waals surface area contributed by atoms with Crippen LogP contribution in [0, 0.1) is 17.8 Å². The number of nitrogens with one attached hydrogen (secondary N) is 1. The lowest BCUT2D eigenvalue weighted by Gasteiger charge is -2.35. The fourth-order valence-corrected chi connectivity index (χ4v) is 4.29. The van der Waals surface area contributed by atoms with Gasteiger partial charge >= 0.3 is 0 Å². The first kappa shape index (κ1) is 16.3. The summed E-state index contributed by atoms with van der Waals surface area (Å²) >= 11 is 0. The van der Waals surface area contributed by atoms with E-state index in [0.29, 0.717) is 0 Å². The van der Waals surface area contributed by atoms with Crippen LogP contribution < -0.4 is 5.32 Å². The van der Waals surface area contributed by atoms with Crippen molar-refractivity contribution < 1.29 is 0 Å². The van der Waals surface area contributed by atoms with E-state index in [1.54, 1.807) is 0 Å². The first-order chi connectivity index (χ1) is 9.70. The van der Waals surface area contributed by atoms with Crippen molar-refractivity contribution in [1.82, 2.24) is 10.2 Å². The van der Waals surface area contributed by atoms with Crippen LogP contribution >= 0.6 is 0 Å². The Hall–Kier alpha value is -0.0800. The van der Waals surface area contributed by atoms with Crippen LogP contribution in [0.25, 0.3) is 0 Å². The van der Waals surface area contributed by atoms with E-state index in [-0.39, 0.29) is 0 Å². The summed E-state index contributed by atoms with van der Waals surface area (Å²) in [4.78, 5) is 2.81. The lowest BCUT2D eigenvalue weighted by molar-refractivity contribution is 0.146. The Labute approximate surface area is 126 Å². The molecule has 0 spiro atoms. The number of rotatable bonds is 5. The largest absolute Gasteiger partial charge is 0.316 e. The summed E-state index contributed by atoms with van der Waals surface area (Å²) < 4.78 is 0. The highest BCUT2D eigenvalue weighted by molar-refractivity contribution is 4.81. The molecule has 0 amide bonds. The van der Waals surface area contributed by atoms with Gasteiger partial charge in [0.25, 0.3) is 0 Å². The van der Waals surface area contributed by atoms with E-state index in [1.165, 1.54) is 71.1 Å². The highest BCUT2D eigenvalue weighted by Gasteiger charge is 2.26. The lowest BCUT2D eigenvalue weighted by Crippen LogP contribution is -2.42.